The van der Waals surface area contributed by atoms with E-state index in [0.29, 0.717) is 23.6 Å². The predicted molar refractivity (Wildman–Crippen MR) is 77.8 cm³/mol. The zero-order chi connectivity index (χ0) is 12.0. The van der Waals surface area contributed by atoms with Crippen LogP contribution in [0.4, 0.5) is 0 Å². The van der Waals surface area contributed by atoms with Crippen LogP contribution in [0.15, 0.2) is 12.5 Å². The number of carbonyl (C=O) groups excluding carboxylic acids is 1. The van der Waals surface area contributed by atoms with Crippen molar-refractivity contribution in [2.24, 2.45) is 24.6 Å². The average Bonchev–Trinajstić information content (AvgIpc) is 2.79. The summed E-state index contributed by atoms with van der Waals surface area (Å²) in [5.41, 5.74) is 6.81. The van der Waals surface area contributed by atoms with Gasteiger partial charge in [0, 0.05) is 26.2 Å². The van der Waals surface area contributed by atoms with Crippen molar-refractivity contribution >= 4 is 30.7 Å². The maximum Gasteiger partial charge on any atom is 0.272 e. The Bertz CT molecular complexity index is 437. The molecule has 0 aromatic carbocycles. The molecule has 3 atom stereocenters. The molecule has 1 aliphatic heterocycles. The van der Waals surface area contributed by atoms with Crippen LogP contribution >= 0.6 is 24.8 Å². The summed E-state index contributed by atoms with van der Waals surface area (Å²) >= 11 is 0. The Hall–Kier alpha value is -0.780. The van der Waals surface area contributed by atoms with E-state index in [4.69, 9.17) is 5.73 Å². The molecule has 3 rings (SSSR count). The van der Waals surface area contributed by atoms with Crippen molar-refractivity contribution in [2.45, 2.75) is 18.9 Å². The molecule has 1 saturated carbocycles. The number of hydrogen-bond donors (Lipinski definition) is 1. The Morgan fingerprint density at radius 1 is 1.32 bits per heavy atom. The molecule has 0 spiro atoms. The highest BCUT2D eigenvalue weighted by molar-refractivity contribution is 5.92. The lowest BCUT2D eigenvalue weighted by Gasteiger charge is -2.36. The quantitative estimate of drug-likeness (QED) is 0.844. The number of piperidine rings is 1. The standard InChI is InChI=1S/C12H18N4O.2ClH/c1-15-7-14-4-10(15)12(17)16-5-8-2-3-9(6-16)11(8)13;;/h4,7-9,11H,2-3,5-6,13H2,1H3;2*1H/t8-,9+,11?;;. The number of rotatable bonds is 1. The molecule has 5 nitrogen and oxygen atoms in total. The van der Waals surface area contributed by atoms with Gasteiger partial charge in [-0.05, 0) is 24.7 Å². The van der Waals surface area contributed by atoms with E-state index in [1.165, 1.54) is 12.8 Å². The molecule has 1 aliphatic carbocycles. The third-order valence-electron chi connectivity index (χ3n) is 4.23. The Kier molecular flexibility index (Phi) is 5.24. The monoisotopic (exact) mass is 306 g/mol. The first-order chi connectivity index (χ1) is 8.16. The molecule has 2 N–H and O–H groups in total. The molecule has 1 saturated heterocycles. The molecule has 2 aliphatic rings. The third-order valence-corrected chi connectivity index (χ3v) is 4.23. The van der Waals surface area contributed by atoms with Crippen LogP contribution in [0.3, 0.4) is 0 Å². The molecule has 1 amide bonds. The second-order valence-corrected chi connectivity index (χ2v) is 5.27. The summed E-state index contributed by atoms with van der Waals surface area (Å²) in [5, 5.41) is 0. The van der Waals surface area contributed by atoms with Gasteiger partial charge in [0.25, 0.3) is 5.91 Å². The summed E-state index contributed by atoms with van der Waals surface area (Å²) in [6.45, 7) is 1.61. The van der Waals surface area contributed by atoms with Crippen molar-refractivity contribution in [1.29, 1.82) is 0 Å². The van der Waals surface area contributed by atoms with Crippen LogP contribution in [0.25, 0.3) is 0 Å². The number of likely N-dealkylation sites (tertiary alicyclic amines) is 1. The molecule has 2 bridgehead atoms. The Labute approximate surface area is 125 Å². The fraction of sp³-hybridized carbons (Fsp3) is 0.667. The lowest BCUT2D eigenvalue weighted by molar-refractivity contribution is 0.0627. The normalized spacial score (nSPS) is 28.5. The fourth-order valence-electron chi connectivity index (χ4n) is 3.16. The molecule has 1 aromatic rings. The van der Waals surface area contributed by atoms with Crippen LogP contribution in [0.1, 0.15) is 23.3 Å². The number of amides is 1. The maximum atomic E-state index is 12.3. The minimum atomic E-state index is 0. The highest BCUT2D eigenvalue weighted by Crippen LogP contribution is 2.35. The van der Waals surface area contributed by atoms with Gasteiger partial charge in [0.15, 0.2) is 0 Å². The molecule has 108 valence electrons. The van der Waals surface area contributed by atoms with E-state index in [2.05, 4.69) is 4.98 Å². The molecule has 7 heteroatoms. The summed E-state index contributed by atoms with van der Waals surface area (Å²) in [5.74, 6) is 1.07. The largest absolute Gasteiger partial charge is 0.337 e. The van der Waals surface area contributed by atoms with Gasteiger partial charge >= 0.3 is 0 Å². The van der Waals surface area contributed by atoms with Gasteiger partial charge < -0.3 is 15.2 Å². The fourth-order valence-corrected chi connectivity index (χ4v) is 3.16. The van der Waals surface area contributed by atoms with E-state index in [0.717, 1.165) is 13.1 Å². The summed E-state index contributed by atoms with van der Waals surface area (Å²) in [4.78, 5) is 18.3. The van der Waals surface area contributed by atoms with E-state index < -0.39 is 0 Å². The molecule has 0 radical (unpaired) electrons. The molecule has 2 heterocycles. The second kappa shape index (κ2) is 6.11. The van der Waals surface area contributed by atoms with Crippen LogP contribution in [-0.2, 0) is 7.05 Å². The van der Waals surface area contributed by atoms with Crippen LogP contribution in [0.5, 0.6) is 0 Å². The van der Waals surface area contributed by atoms with Gasteiger partial charge in [-0.25, -0.2) is 4.98 Å². The Balaban J connectivity index is 0.000000902. The average molecular weight is 307 g/mol. The van der Waals surface area contributed by atoms with Gasteiger partial charge in [0.1, 0.15) is 5.69 Å². The van der Waals surface area contributed by atoms with Crippen molar-refractivity contribution in [3.63, 3.8) is 0 Å². The van der Waals surface area contributed by atoms with E-state index in [1.807, 2.05) is 11.9 Å². The van der Waals surface area contributed by atoms with Gasteiger partial charge in [-0.2, -0.15) is 0 Å². The van der Waals surface area contributed by atoms with Crippen LogP contribution < -0.4 is 5.73 Å². The topological polar surface area (TPSA) is 64.2 Å². The Morgan fingerprint density at radius 2 is 1.89 bits per heavy atom. The molecule has 19 heavy (non-hydrogen) atoms. The van der Waals surface area contributed by atoms with E-state index in [9.17, 15) is 4.79 Å². The van der Waals surface area contributed by atoms with Crippen molar-refractivity contribution in [3.05, 3.63) is 18.2 Å². The molecular weight excluding hydrogens is 287 g/mol. The lowest BCUT2D eigenvalue weighted by Crippen LogP contribution is -2.50. The van der Waals surface area contributed by atoms with Crippen molar-refractivity contribution in [3.8, 4) is 0 Å². The summed E-state index contributed by atoms with van der Waals surface area (Å²) in [6.07, 6.45) is 5.64. The van der Waals surface area contributed by atoms with Crippen LogP contribution in [-0.4, -0.2) is 39.5 Å². The van der Waals surface area contributed by atoms with Crippen molar-refractivity contribution in [1.82, 2.24) is 14.5 Å². The number of imidazole rings is 1. The van der Waals surface area contributed by atoms with Gasteiger partial charge in [0.05, 0.1) is 12.5 Å². The number of fused-ring (bicyclic) bond motifs is 2. The number of nitrogens with two attached hydrogens (primary N) is 1. The van der Waals surface area contributed by atoms with Crippen LogP contribution in [0, 0.1) is 11.8 Å². The number of aromatic nitrogens is 2. The van der Waals surface area contributed by atoms with E-state index in [1.54, 1.807) is 17.1 Å². The second-order valence-electron chi connectivity index (χ2n) is 5.27. The summed E-state index contributed by atoms with van der Waals surface area (Å²) in [7, 11) is 1.85. The minimum absolute atomic E-state index is 0. The summed E-state index contributed by atoms with van der Waals surface area (Å²) in [6, 6.07) is 0.297. The predicted octanol–water partition coefficient (Wildman–Crippen LogP) is 1.07. The molecular formula is C12H20Cl2N4O. The summed E-state index contributed by atoms with van der Waals surface area (Å²) < 4.78 is 1.78. The van der Waals surface area contributed by atoms with Crippen molar-refractivity contribution in [2.75, 3.05) is 13.1 Å². The maximum absolute atomic E-state index is 12.3. The number of halogens is 2. The van der Waals surface area contributed by atoms with Gasteiger partial charge in [-0.15, -0.1) is 24.8 Å². The van der Waals surface area contributed by atoms with E-state index >= 15 is 0 Å². The Morgan fingerprint density at radius 3 is 2.37 bits per heavy atom. The molecule has 1 aromatic heterocycles. The highest BCUT2D eigenvalue weighted by atomic mass is 35.5. The SMILES string of the molecule is Cl.Cl.Cn1cncc1C(=O)N1C[C@H]2CC[C@@H](C1)C2N. The number of hydrogen-bond acceptors (Lipinski definition) is 3. The number of nitrogens with zero attached hydrogens (tertiary/aromatic N) is 3. The number of aryl methyl sites for hydroxylation is 1. The third kappa shape index (κ3) is 2.73. The zero-order valence-corrected chi connectivity index (χ0v) is 12.5. The first-order valence-electron chi connectivity index (χ1n) is 6.18. The van der Waals surface area contributed by atoms with Crippen LogP contribution in [0.2, 0.25) is 0 Å². The smallest absolute Gasteiger partial charge is 0.272 e. The zero-order valence-electron chi connectivity index (χ0n) is 10.9. The van der Waals surface area contributed by atoms with Gasteiger partial charge in [-0.1, -0.05) is 0 Å². The van der Waals surface area contributed by atoms with Gasteiger partial charge in [0.2, 0.25) is 0 Å². The highest BCUT2D eigenvalue weighted by Gasteiger charge is 2.41. The number of carbonyl (C=O) groups is 1. The lowest BCUT2D eigenvalue weighted by atomic mass is 9.93. The molecule has 1 unspecified atom stereocenters. The minimum Gasteiger partial charge on any atom is -0.337 e. The van der Waals surface area contributed by atoms with Gasteiger partial charge in [-0.3, -0.25) is 4.79 Å². The molecule has 2 fully saturated rings. The van der Waals surface area contributed by atoms with Crippen molar-refractivity contribution < 1.29 is 4.79 Å². The van der Waals surface area contributed by atoms with E-state index in [-0.39, 0.29) is 30.7 Å². The first kappa shape index (κ1) is 16.3. The first-order valence-corrected chi connectivity index (χ1v) is 6.18.